The van der Waals surface area contributed by atoms with Gasteiger partial charge in [-0.25, -0.2) is 14.2 Å². The average molecular weight is 535 g/mol. The molecule has 1 aliphatic carbocycles. The molecule has 4 rings (SSSR count). The predicted molar refractivity (Wildman–Crippen MR) is 135 cm³/mol. The zero-order valence-electron chi connectivity index (χ0n) is 19.8. The van der Waals surface area contributed by atoms with Crippen molar-refractivity contribution >= 4 is 33.0 Å². The molecule has 1 aromatic heterocycles. The van der Waals surface area contributed by atoms with Crippen LogP contribution >= 0.6 is 11.3 Å². The molecule has 1 saturated carbocycles. The smallest absolute Gasteiger partial charge is 0.338 e. The van der Waals surface area contributed by atoms with Crippen LogP contribution in [-0.2, 0) is 15.4 Å². The van der Waals surface area contributed by atoms with Gasteiger partial charge in [-0.05, 0) is 43.2 Å². The number of sulfonamides is 1. The molecule has 0 aliphatic heterocycles. The summed E-state index contributed by atoms with van der Waals surface area (Å²) >= 11 is 1.14. The summed E-state index contributed by atoms with van der Waals surface area (Å²) in [5.74, 6) is -2.09. The zero-order valence-corrected chi connectivity index (χ0v) is 21.5. The average Bonchev–Trinajstić information content (AvgIpc) is 3.36. The molecule has 192 valence electrons. The van der Waals surface area contributed by atoms with E-state index in [0.29, 0.717) is 10.9 Å². The van der Waals surface area contributed by atoms with Crippen molar-refractivity contribution in [2.75, 3.05) is 18.4 Å². The summed E-state index contributed by atoms with van der Waals surface area (Å²) in [6.45, 7) is 2.31. The van der Waals surface area contributed by atoms with Crippen molar-refractivity contribution in [1.82, 2.24) is 4.98 Å². The number of thiazole rings is 1. The first-order valence-corrected chi connectivity index (χ1v) is 13.8. The van der Waals surface area contributed by atoms with Gasteiger partial charge in [0.05, 0.1) is 25.0 Å². The molecule has 0 amide bonds. The number of carbonyl (C=O) groups is 1. The quantitative estimate of drug-likeness (QED) is 0.375. The Balaban J connectivity index is 1.56. The number of aromatic nitrogens is 1. The molecular formula is C25H27FN2O6S2. The summed E-state index contributed by atoms with van der Waals surface area (Å²) in [5, 5.41) is 20.8. The van der Waals surface area contributed by atoms with E-state index in [4.69, 9.17) is 9.84 Å². The second kappa shape index (κ2) is 10.2. The molecular weight excluding hydrogens is 507 g/mol. The van der Waals surface area contributed by atoms with Crippen molar-refractivity contribution in [3.63, 3.8) is 0 Å². The zero-order chi connectivity index (χ0) is 26.1. The van der Waals surface area contributed by atoms with Gasteiger partial charge in [0.2, 0.25) is 0 Å². The van der Waals surface area contributed by atoms with Crippen LogP contribution in [0.5, 0.6) is 5.75 Å². The molecule has 3 aromatic rings. The van der Waals surface area contributed by atoms with Crippen molar-refractivity contribution in [3.8, 4) is 16.3 Å². The van der Waals surface area contributed by atoms with Crippen molar-refractivity contribution in [1.29, 1.82) is 0 Å². The maximum absolute atomic E-state index is 14.2. The van der Waals surface area contributed by atoms with Gasteiger partial charge in [-0.15, -0.1) is 11.3 Å². The minimum atomic E-state index is -4.21. The lowest BCUT2D eigenvalue weighted by Gasteiger charge is -2.38. The van der Waals surface area contributed by atoms with Crippen LogP contribution in [0, 0.1) is 11.7 Å². The fourth-order valence-electron chi connectivity index (χ4n) is 4.50. The number of rotatable bonds is 8. The van der Waals surface area contributed by atoms with E-state index in [0.717, 1.165) is 60.3 Å². The van der Waals surface area contributed by atoms with E-state index in [1.54, 1.807) is 0 Å². The lowest BCUT2D eigenvalue weighted by Crippen LogP contribution is -2.34. The highest BCUT2D eigenvalue weighted by atomic mass is 32.2. The molecule has 3 N–H and O–H groups in total. The van der Waals surface area contributed by atoms with Gasteiger partial charge < -0.3 is 14.9 Å². The van der Waals surface area contributed by atoms with Crippen LogP contribution in [0.3, 0.4) is 0 Å². The van der Waals surface area contributed by atoms with Crippen LogP contribution in [0.15, 0.2) is 46.8 Å². The molecule has 0 spiro atoms. The second-order valence-electron chi connectivity index (χ2n) is 9.13. The molecule has 0 unspecified atom stereocenters. The van der Waals surface area contributed by atoms with Gasteiger partial charge in [-0.3, -0.25) is 4.72 Å². The summed E-state index contributed by atoms with van der Waals surface area (Å²) in [5.41, 5.74) is 0.661. The number of hydrogen-bond donors (Lipinski definition) is 3. The van der Waals surface area contributed by atoms with E-state index in [1.807, 2.05) is 24.3 Å². The summed E-state index contributed by atoms with van der Waals surface area (Å²) in [6.07, 6.45) is 3.98. The number of aliphatic hydroxyl groups excluding tert-OH is 1. The lowest BCUT2D eigenvalue weighted by molar-refractivity contribution is 0.0691. The Kier molecular flexibility index (Phi) is 7.35. The number of aromatic carboxylic acids is 1. The molecule has 1 aliphatic rings. The number of anilines is 1. The van der Waals surface area contributed by atoms with Crippen LogP contribution in [0.1, 0.15) is 48.5 Å². The number of methoxy groups -OCH3 is 1. The molecule has 0 bridgehead atoms. The number of benzene rings is 2. The van der Waals surface area contributed by atoms with Crippen LogP contribution in [-0.4, -0.2) is 43.3 Å². The highest BCUT2D eigenvalue weighted by Crippen LogP contribution is 2.42. The second-order valence-corrected chi connectivity index (χ2v) is 11.6. The van der Waals surface area contributed by atoms with Gasteiger partial charge in [0.25, 0.3) is 10.0 Å². The Hall–Kier alpha value is -3.02. The predicted octanol–water partition coefficient (Wildman–Crippen LogP) is 4.90. The number of aliphatic hydroxyl groups is 1. The number of hydrogen-bond acceptors (Lipinski definition) is 7. The van der Waals surface area contributed by atoms with Gasteiger partial charge in [0, 0.05) is 22.4 Å². The molecule has 8 nitrogen and oxygen atoms in total. The SMILES string of the molecule is COc1cc(C(=O)O)c(F)cc1NS(=O)(=O)c1csc(-c2ccc([C@]3(CO)CC[C@@H](C)CC3)cc2)n1. The van der Waals surface area contributed by atoms with E-state index >= 15 is 0 Å². The lowest BCUT2D eigenvalue weighted by atomic mass is 9.67. The van der Waals surface area contributed by atoms with Crippen molar-refractivity contribution in [2.24, 2.45) is 5.92 Å². The molecule has 0 atom stereocenters. The van der Waals surface area contributed by atoms with Crippen molar-refractivity contribution < 1.29 is 32.6 Å². The maximum atomic E-state index is 14.2. The topological polar surface area (TPSA) is 126 Å². The van der Waals surface area contributed by atoms with Crippen LogP contribution in [0.25, 0.3) is 10.6 Å². The minimum absolute atomic E-state index is 0.0852. The monoisotopic (exact) mass is 534 g/mol. The largest absolute Gasteiger partial charge is 0.495 e. The highest BCUT2D eigenvalue weighted by molar-refractivity contribution is 7.92. The van der Waals surface area contributed by atoms with E-state index in [1.165, 1.54) is 12.5 Å². The number of halogens is 1. The fraction of sp³-hybridized carbons (Fsp3) is 0.360. The van der Waals surface area contributed by atoms with E-state index in [9.17, 15) is 22.7 Å². The number of carboxylic acids is 1. The summed E-state index contributed by atoms with van der Waals surface area (Å²) in [7, 11) is -2.99. The first kappa shape index (κ1) is 26.1. The summed E-state index contributed by atoms with van der Waals surface area (Å²) in [6, 6.07) is 9.34. The third-order valence-electron chi connectivity index (χ3n) is 6.80. The molecule has 36 heavy (non-hydrogen) atoms. The van der Waals surface area contributed by atoms with E-state index in [2.05, 4.69) is 16.6 Å². The molecule has 2 aromatic carbocycles. The fourth-order valence-corrected chi connectivity index (χ4v) is 6.66. The van der Waals surface area contributed by atoms with Crippen LogP contribution in [0.2, 0.25) is 0 Å². The Bertz CT molecular complexity index is 1360. The third-order valence-corrected chi connectivity index (χ3v) is 9.09. The Morgan fingerprint density at radius 3 is 2.50 bits per heavy atom. The van der Waals surface area contributed by atoms with Crippen LogP contribution < -0.4 is 9.46 Å². The maximum Gasteiger partial charge on any atom is 0.338 e. The summed E-state index contributed by atoms with van der Waals surface area (Å²) in [4.78, 5) is 15.4. The van der Waals surface area contributed by atoms with Gasteiger partial charge in [-0.2, -0.15) is 8.42 Å². The molecule has 1 heterocycles. The van der Waals surface area contributed by atoms with E-state index in [-0.39, 0.29) is 28.5 Å². The van der Waals surface area contributed by atoms with Gasteiger partial charge in [-0.1, -0.05) is 31.2 Å². The van der Waals surface area contributed by atoms with E-state index < -0.39 is 27.4 Å². The molecule has 1 fully saturated rings. The number of nitrogens with one attached hydrogen (secondary N) is 1. The number of ether oxygens (including phenoxy) is 1. The first-order valence-electron chi connectivity index (χ1n) is 11.4. The van der Waals surface area contributed by atoms with Crippen molar-refractivity contribution in [3.05, 3.63) is 58.7 Å². The Labute approximate surface area is 212 Å². The highest BCUT2D eigenvalue weighted by Gasteiger charge is 2.35. The van der Waals surface area contributed by atoms with Crippen LogP contribution in [0.4, 0.5) is 10.1 Å². The standard InChI is InChI=1S/C25H27FN2O6S2/c1-15-7-9-25(14-29,10-8-15)17-5-3-16(4-6-17)23-27-22(13-35-23)36(32,33)28-20-12-19(26)18(24(30)31)11-21(20)34-2/h3-6,11-13,15,28-29H,7-10,14H2,1-2H3,(H,30,31)/t15-,25-. The normalized spacial score (nSPS) is 20.2. The first-order chi connectivity index (χ1) is 17.1. The number of nitrogens with zero attached hydrogens (tertiary/aromatic N) is 1. The Morgan fingerprint density at radius 2 is 1.92 bits per heavy atom. The molecule has 0 saturated heterocycles. The molecule has 11 heteroatoms. The van der Waals surface area contributed by atoms with Gasteiger partial charge in [0.1, 0.15) is 16.6 Å². The minimum Gasteiger partial charge on any atom is -0.495 e. The van der Waals surface area contributed by atoms with Gasteiger partial charge >= 0.3 is 5.97 Å². The molecule has 0 radical (unpaired) electrons. The third kappa shape index (κ3) is 5.09. The van der Waals surface area contributed by atoms with Gasteiger partial charge in [0.15, 0.2) is 5.03 Å². The number of carboxylic acid groups (broad SMARTS) is 1. The van der Waals surface area contributed by atoms with Crippen molar-refractivity contribution in [2.45, 2.75) is 43.0 Å². The summed E-state index contributed by atoms with van der Waals surface area (Å²) < 4.78 is 47.3. The Morgan fingerprint density at radius 1 is 1.25 bits per heavy atom.